The van der Waals surface area contributed by atoms with Crippen molar-refractivity contribution < 1.29 is 9.90 Å². The Morgan fingerprint density at radius 3 is 2.52 bits per heavy atom. The summed E-state index contributed by atoms with van der Waals surface area (Å²) in [6, 6.07) is 13.6. The number of amides is 1. The zero-order chi connectivity index (χ0) is 15.2. The number of carbonyl (C=O) groups excluding carboxylic acids is 1. The predicted octanol–water partition coefficient (Wildman–Crippen LogP) is 3.97. The van der Waals surface area contributed by atoms with Gasteiger partial charge in [0.25, 0.3) is 0 Å². The fourth-order valence-electron chi connectivity index (χ4n) is 2.25. The van der Waals surface area contributed by atoms with Crippen LogP contribution in [0.1, 0.15) is 29.5 Å². The number of nitrogens with one attached hydrogen (secondary N) is 1. The van der Waals surface area contributed by atoms with E-state index in [1.807, 2.05) is 32.0 Å². The highest BCUT2D eigenvalue weighted by molar-refractivity contribution is 5.91. The van der Waals surface area contributed by atoms with Crippen molar-refractivity contribution in [1.29, 1.82) is 0 Å². The van der Waals surface area contributed by atoms with Crippen molar-refractivity contribution in [3.8, 4) is 5.75 Å². The highest BCUT2D eigenvalue weighted by Crippen LogP contribution is 2.25. The number of carbonyl (C=O) groups is 1. The van der Waals surface area contributed by atoms with Crippen LogP contribution in [0.5, 0.6) is 5.75 Å². The molecule has 0 bridgehead atoms. The summed E-state index contributed by atoms with van der Waals surface area (Å²) >= 11 is 0. The molecule has 0 saturated heterocycles. The molecule has 1 amide bonds. The summed E-state index contributed by atoms with van der Waals surface area (Å²) in [5, 5.41) is 12.5. The van der Waals surface area contributed by atoms with Gasteiger partial charge in [-0.25, -0.2) is 0 Å². The second-order valence-corrected chi connectivity index (χ2v) is 5.34. The number of phenolic OH excluding ortho intramolecular Hbond substituents is 1. The molecule has 0 saturated carbocycles. The van der Waals surface area contributed by atoms with E-state index < -0.39 is 0 Å². The lowest BCUT2D eigenvalue weighted by Gasteiger charge is -2.10. The van der Waals surface area contributed by atoms with E-state index >= 15 is 0 Å². The molecule has 3 heteroatoms. The number of aromatic hydroxyl groups is 1. The van der Waals surface area contributed by atoms with Gasteiger partial charge in [0.1, 0.15) is 5.75 Å². The average Bonchev–Trinajstić information content (AvgIpc) is 2.46. The van der Waals surface area contributed by atoms with Crippen molar-refractivity contribution >= 4 is 11.6 Å². The van der Waals surface area contributed by atoms with Crippen molar-refractivity contribution in [2.24, 2.45) is 0 Å². The normalized spacial score (nSPS) is 10.4. The maximum Gasteiger partial charge on any atom is 0.224 e. The number of hydrogen-bond acceptors (Lipinski definition) is 2. The fourth-order valence-corrected chi connectivity index (χ4v) is 2.25. The molecule has 2 N–H and O–H groups in total. The zero-order valence-electron chi connectivity index (χ0n) is 12.5. The van der Waals surface area contributed by atoms with E-state index in [0.717, 1.165) is 29.7 Å². The minimum atomic E-state index is 0.0131. The Balaban J connectivity index is 1.86. The monoisotopic (exact) mass is 283 g/mol. The smallest absolute Gasteiger partial charge is 0.224 e. The molecule has 0 heterocycles. The van der Waals surface area contributed by atoms with Crippen molar-refractivity contribution in [2.45, 2.75) is 33.1 Å². The molecule has 0 radical (unpaired) electrons. The van der Waals surface area contributed by atoms with E-state index in [1.54, 1.807) is 12.1 Å². The Hall–Kier alpha value is -2.29. The van der Waals surface area contributed by atoms with Gasteiger partial charge in [-0.05, 0) is 55.5 Å². The van der Waals surface area contributed by atoms with Crippen LogP contribution in [0.4, 0.5) is 5.69 Å². The minimum Gasteiger partial charge on any atom is -0.508 e. The maximum atomic E-state index is 12.0. The van der Waals surface area contributed by atoms with Crippen LogP contribution in [0, 0.1) is 13.8 Å². The molecule has 0 unspecified atom stereocenters. The van der Waals surface area contributed by atoms with E-state index in [0.29, 0.717) is 6.42 Å². The third kappa shape index (κ3) is 4.35. The highest BCUT2D eigenvalue weighted by Gasteiger charge is 2.07. The molecule has 3 nitrogen and oxygen atoms in total. The van der Waals surface area contributed by atoms with E-state index in [9.17, 15) is 9.90 Å². The lowest BCUT2D eigenvalue weighted by Crippen LogP contribution is -2.12. The first kappa shape index (κ1) is 15.1. The van der Waals surface area contributed by atoms with Gasteiger partial charge in [0, 0.05) is 12.1 Å². The van der Waals surface area contributed by atoms with Crippen LogP contribution in [0.2, 0.25) is 0 Å². The van der Waals surface area contributed by atoms with Crippen molar-refractivity contribution in [2.75, 3.05) is 5.32 Å². The number of benzene rings is 2. The third-order valence-corrected chi connectivity index (χ3v) is 3.53. The van der Waals surface area contributed by atoms with Crippen molar-refractivity contribution in [3.05, 3.63) is 59.2 Å². The zero-order valence-corrected chi connectivity index (χ0v) is 12.5. The third-order valence-electron chi connectivity index (χ3n) is 3.53. The molecule has 2 aromatic rings. The summed E-state index contributed by atoms with van der Waals surface area (Å²) in [5.74, 6) is 0.272. The molecule has 0 aliphatic rings. The largest absolute Gasteiger partial charge is 0.508 e. The number of anilines is 1. The molecule has 2 aromatic carbocycles. The lowest BCUT2D eigenvalue weighted by molar-refractivity contribution is -0.116. The second-order valence-electron chi connectivity index (χ2n) is 5.34. The Morgan fingerprint density at radius 1 is 1.10 bits per heavy atom. The van der Waals surface area contributed by atoms with Gasteiger partial charge in [-0.3, -0.25) is 4.79 Å². The Labute approximate surface area is 125 Å². The van der Waals surface area contributed by atoms with Crippen LogP contribution >= 0.6 is 0 Å². The Morgan fingerprint density at radius 2 is 1.81 bits per heavy atom. The molecular weight excluding hydrogens is 262 g/mol. The van der Waals surface area contributed by atoms with Crippen LogP contribution in [-0.4, -0.2) is 11.0 Å². The van der Waals surface area contributed by atoms with Gasteiger partial charge in [0.05, 0.1) is 0 Å². The summed E-state index contributed by atoms with van der Waals surface area (Å²) < 4.78 is 0. The molecular formula is C18H21NO2. The van der Waals surface area contributed by atoms with Gasteiger partial charge in [-0.15, -0.1) is 0 Å². The quantitative estimate of drug-likeness (QED) is 0.816. The number of aryl methyl sites for hydroxylation is 3. The molecule has 110 valence electrons. The summed E-state index contributed by atoms with van der Waals surface area (Å²) in [6.45, 7) is 3.69. The SMILES string of the molecule is Cc1cc(NC(=O)CCCc2ccccc2)c(C)cc1O. The Bertz CT molecular complexity index is 621. The van der Waals surface area contributed by atoms with E-state index in [1.165, 1.54) is 5.56 Å². The molecule has 2 rings (SSSR count). The first-order valence-corrected chi connectivity index (χ1v) is 7.20. The summed E-state index contributed by atoms with van der Waals surface area (Å²) in [4.78, 5) is 12.0. The van der Waals surface area contributed by atoms with Gasteiger partial charge in [0.2, 0.25) is 5.91 Å². The van der Waals surface area contributed by atoms with Crippen LogP contribution in [0.3, 0.4) is 0 Å². The molecule has 0 aromatic heterocycles. The lowest BCUT2D eigenvalue weighted by atomic mass is 10.1. The standard InChI is InChI=1S/C18H21NO2/c1-13-12-17(20)14(2)11-16(13)19-18(21)10-6-9-15-7-4-3-5-8-15/h3-5,7-8,11-12,20H,6,9-10H2,1-2H3,(H,19,21). The van der Waals surface area contributed by atoms with Crippen LogP contribution < -0.4 is 5.32 Å². The van der Waals surface area contributed by atoms with Gasteiger partial charge < -0.3 is 10.4 Å². The van der Waals surface area contributed by atoms with Crippen LogP contribution in [-0.2, 0) is 11.2 Å². The second kappa shape index (κ2) is 6.93. The highest BCUT2D eigenvalue weighted by atomic mass is 16.3. The summed E-state index contributed by atoms with van der Waals surface area (Å²) in [6.07, 6.45) is 2.22. The molecule has 0 aliphatic heterocycles. The molecule has 0 spiro atoms. The molecule has 21 heavy (non-hydrogen) atoms. The van der Waals surface area contributed by atoms with E-state index in [-0.39, 0.29) is 11.7 Å². The van der Waals surface area contributed by atoms with Gasteiger partial charge in [-0.1, -0.05) is 30.3 Å². The van der Waals surface area contributed by atoms with Gasteiger partial charge in [-0.2, -0.15) is 0 Å². The van der Waals surface area contributed by atoms with Crippen molar-refractivity contribution in [1.82, 2.24) is 0 Å². The average molecular weight is 283 g/mol. The maximum absolute atomic E-state index is 12.0. The van der Waals surface area contributed by atoms with E-state index in [2.05, 4.69) is 17.4 Å². The molecule has 0 atom stereocenters. The number of hydrogen-bond donors (Lipinski definition) is 2. The summed E-state index contributed by atoms with van der Waals surface area (Å²) in [5.41, 5.74) is 3.66. The molecule has 0 aliphatic carbocycles. The number of rotatable bonds is 5. The van der Waals surface area contributed by atoms with Gasteiger partial charge in [0.15, 0.2) is 0 Å². The van der Waals surface area contributed by atoms with Crippen molar-refractivity contribution in [3.63, 3.8) is 0 Å². The van der Waals surface area contributed by atoms with Crippen LogP contribution in [0.15, 0.2) is 42.5 Å². The summed E-state index contributed by atoms with van der Waals surface area (Å²) in [7, 11) is 0. The topological polar surface area (TPSA) is 49.3 Å². The van der Waals surface area contributed by atoms with Crippen LogP contribution in [0.25, 0.3) is 0 Å². The predicted molar refractivity (Wildman–Crippen MR) is 85.6 cm³/mol. The fraction of sp³-hybridized carbons (Fsp3) is 0.278. The van der Waals surface area contributed by atoms with E-state index in [4.69, 9.17) is 0 Å². The number of phenols is 1. The first-order chi connectivity index (χ1) is 10.1. The first-order valence-electron chi connectivity index (χ1n) is 7.20. The minimum absolute atomic E-state index is 0.0131. The van der Waals surface area contributed by atoms with Gasteiger partial charge >= 0.3 is 0 Å². The molecule has 0 fully saturated rings. The Kier molecular flexibility index (Phi) is 4.99.